The van der Waals surface area contributed by atoms with E-state index in [9.17, 15) is 9.59 Å². The Balaban J connectivity index is 1.75. The van der Waals surface area contributed by atoms with Crippen molar-refractivity contribution < 1.29 is 9.59 Å². The average Bonchev–Trinajstić information content (AvgIpc) is 2.56. The molecule has 1 saturated carbocycles. The van der Waals surface area contributed by atoms with Crippen LogP contribution in [0, 0.1) is 5.92 Å². The fourth-order valence-corrected chi connectivity index (χ4v) is 3.32. The van der Waals surface area contributed by atoms with Gasteiger partial charge in [0.15, 0.2) is 0 Å². The Morgan fingerprint density at radius 2 is 1.72 bits per heavy atom. The summed E-state index contributed by atoms with van der Waals surface area (Å²) in [6.07, 6.45) is 5.04. The molecule has 4 heteroatoms. The molecule has 0 aromatic heterocycles. The highest BCUT2D eigenvalue weighted by Gasteiger charge is 2.22. The molecule has 2 amide bonds. The Morgan fingerprint density at radius 1 is 1.08 bits per heavy atom. The average molecular weight is 344 g/mol. The molecule has 2 rings (SSSR count). The van der Waals surface area contributed by atoms with Gasteiger partial charge >= 0.3 is 0 Å². The van der Waals surface area contributed by atoms with Gasteiger partial charge < -0.3 is 10.6 Å². The third kappa shape index (κ3) is 5.87. The predicted octanol–water partition coefficient (Wildman–Crippen LogP) is 3.80. The van der Waals surface area contributed by atoms with Gasteiger partial charge in [-0.2, -0.15) is 0 Å². The Bertz CT molecular complexity index is 587. The van der Waals surface area contributed by atoms with E-state index in [0.29, 0.717) is 30.5 Å². The van der Waals surface area contributed by atoms with Crippen molar-refractivity contribution in [1.29, 1.82) is 0 Å². The van der Waals surface area contributed by atoms with Gasteiger partial charge in [0.1, 0.15) is 0 Å². The molecule has 4 nitrogen and oxygen atoms in total. The number of rotatable bonds is 5. The van der Waals surface area contributed by atoms with E-state index in [2.05, 4.69) is 38.3 Å². The summed E-state index contributed by atoms with van der Waals surface area (Å²) in [4.78, 5) is 24.3. The minimum Gasteiger partial charge on any atom is -0.353 e. The highest BCUT2D eigenvalue weighted by molar-refractivity contribution is 5.94. The number of benzene rings is 1. The highest BCUT2D eigenvalue weighted by atomic mass is 16.2. The van der Waals surface area contributed by atoms with Crippen LogP contribution in [0.1, 0.15) is 75.7 Å². The van der Waals surface area contributed by atoms with Gasteiger partial charge in [-0.1, -0.05) is 52.7 Å². The van der Waals surface area contributed by atoms with E-state index in [1.807, 2.05) is 24.3 Å². The zero-order valence-electron chi connectivity index (χ0n) is 16.0. The summed E-state index contributed by atoms with van der Waals surface area (Å²) in [5.41, 5.74) is 1.91. The number of nitrogens with one attached hydrogen (secondary N) is 2. The van der Waals surface area contributed by atoms with Crippen LogP contribution in [0.2, 0.25) is 0 Å². The fourth-order valence-electron chi connectivity index (χ4n) is 3.32. The lowest BCUT2D eigenvalue weighted by Gasteiger charge is -2.29. The van der Waals surface area contributed by atoms with Crippen molar-refractivity contribution in [3.63, 3.8) is 0 Å². The van der Waals surface area contributed by atoms with Crippen LogP contribution in [0.5, 0.6) is 0 Å². The molecule has 1 aromatic carbocycles. The predicted molar refractivity (Wildman–Crippen MR) is 102 cm³/mol. The van der Waals surface area contributed by atoms with Crippen LogP contribution in [0.15, 0.2) is 24.3 Å². The molecule has 1 fully saturated rings. The normalized spacial score (nSPS) is 20.8. The molecule has 0 saturated heterocycles. The van der Waals surface area contributed by atoms with E-state index in [-0.39, 0.29) is 17.2 Å². The first kappa shape index (κ1) is 19.5. The molecular formula is C21H32N2O2. The molecule has 0 unspecified atom stereocenters. The largest absolute Gasteiger partial charge is 0.353 e. The van der Waals surface area contributed by atoms with Crippen molar-refractivity contribution in [1.82, 2.24) is 10.6 Å². The Morgan fingerprint density at radius 3 is 2.32 bits per heavy atom. The van der Waals surface area contributed by atoms with E-state index < -0.39 is 0 Å². The molecule has 0 spiro atoms. The molecule has 0 heterocycles. The minimum atomic E-state index is -0.126. The van der Waals surface area contributed by atoms with Crippen LogP contribution in [-0.4, -0.2) is 24.4 Å². The standard InChI is InChI=1S/C21H32N2O2/c1-15-7-5-6-8-18(15)23-19(24)13-14-22-20(25)16-9-11-17(12-10-16)21(2,3)4/h9-12,15,18H,5-8,13-14H2,1-4H3,(H,22,25)(H,23,24)/t15-,18+/m0/s1. The Kier molecular flexibility index (Phi) is 6.63. The molecule has 1 aliphatic carbocycles. The van der Waals surface area contributed by atoms with Gasteiger partial charge in [0.25, 0.3) is 5.91 Å². The molecule has 0 radical (unpaired) electrons. The van der Waals surface area contributed by atoms with Crippen molar-refractivity contribution in [2.45, 2.75) is 71.3 Å². The lowest BCUT2D eigenvalue weighted by Crippen LogP contribution is -2.42. The number of amides is 2. The highest BCUT2D eigenvalue weighted by Crippen LogP contribution is 2.24. The van der Waals surface area contributed by atoms with E-state index in [0.717, 1.165) is 6.42 Å². The molecule has 1 aliphatic rings. The maximum atomic E-state index is 12.2. The van der Waals surface area contributed by atoms with E-state index in [1.54, 1.807) is 0 Å². The molecule has 138 valence electrons. The Labute approximate surface area is 151 Å². The number of carbonyl (C=O) groups excluding carboxylic acids is 2. The van der Waals surface area contributed by atoms with Gasteiger partial charge in [-0.25, -0.2) is 0 Å². The van der Waals surface area contributed by atoms with Gasteiger partial charge in [0.05, 0.1) is 0 Å². The molecule has 0 aliphatic heterocycles. The van der Waals surface area contributed by atoms with Gasteiger partial charge in [0, 0.05) is 24.6 Å². The summed E-state index contributed by atoms with van der Waals surface area (Å²) in [6.45, 7) is 9.01. The summed E-state index contributed by atoms with van der Waals surface area (Å²) >= 11 is 0. The van der Waals surface area contributed by atoms with Crippen molar-refractivity contribution in [3.8, 4) is 0 Å². The summed E-state index contributed by atoms with van der Waals surface area (Å²) < 4.78 is 0. The summed E-state index contributed by atoms with van der Waals surface area (Å²) in [6, 6.07) is 7.97. The quantitative estimate of drug-likeness (QED) is 0.853. The third-order valence-corrected chi connectivity index (χ3v) is 5.11. The lowest BCUT2D eigenvalue weighted by atomic mass is 9.86. The first-order valence-electron chi connectivity index (χ1n) is 9.45. The van der Waals surface area contributed by atoms with E-state index in [1.165, 1.54) is 24.8 Å². The second-order valence-electron chi connectivity index (χ2n) is 8.27. The van der Waals surface area contributed by atoms with Crippen molar-refractivity contribution in [3.05, 3.63) is 35.4 Å². The third-order valence-electron chi connectivity index (χ3n) is 5.11. The van der Waals surface area contributed by atoms with E-state index >= 15 is 0 Å². The fraction of sp³-hybridized carbons (Fsp3) is 0.619. The summed E-state index contributed by atoms with van der Waals surface area (Å²) in [7, 11) is 0. The maximum Gasteiger partial charge on any atom is 0.251 e. The van der Waals surface area contributed by atoms with Crippen LogP contribution >= 0.6 is 0 Å². The van der Waals surface area contributed by atoms with Crippen LogP contribution < -0.4 is 10.6 Å². The van der Waals surface area contributed by atoms with Crippen LogP contribution in [-0.2, 0) is 10.2 Å². The van der Waals surface area contributed by atoms with Gasteiger partial charge in [-0.15, -0.1) is 0 Å². The lowest BCUT2D eigenvalue weighted by molar-refractivity contribution is -0.122. The van der Waals surface area contributed by atoms with Crippen molar-refractivity contribution >= 4 is 11.8 Å². The second-order valence-corrected chi connectivity index (χ2v) is 8.27. The molecule has 2 N–H and O–H groups in total. The first-order valence-corrected chi connectivity index (χ1v) is 9.45. The SMILES string of the molecule is C[C@H]1CCCC[C@H]1NC(=O)CCNC(=O)c1ccc(C(C)(C)C)cc1. The van der Waals surface area contributed by atoms with E-state index in [4.69, 9.17) is 0 Å². The first-order chi connectivity index (χ1) is 11.8. The van der Waals surface area contributed by atoms with Gasteiger partial charge in [-0.3, -0.25) is 9.59 Å². The zero-order valence-corrected chi connectivity index (χ0v) is 16.0. The number of carbonyl (C=O) groups is 2. The Hall–Kier alpha value is -1.84. The molecule has 2 atom stereocenters. The topological polar surface area (TPSA) is 58.2 Å². The molecule has 1 aromatic rings. The van der Waals surface area contributed by atoms with Crippen LogP contribution in [0.3, 0.4) is 0 Å². The van der Waals surface area contributed by atoms with Crippen molar-refractivity contribution in [2.24, 2.45) is 5.92 Å². The summed E-state index contributed by atoms with van der Waals surface area (Å²) in [5.74, 6) is 0.454. The van der Waals surface area contributed by atoms with Crippen LogP contribution in [0.25, 0.3) is 0 Å². The smallest absolute Gasteiger partial charge is 0.251 e. The zero-order chi connectivity index (χ0) is 18.4. The molecule has 0 bridgehead atoms. The maximum absolute atomic E-state index is 12.2. The van der Waals surface area contributed by atoms with Crippen LogP contribution in [0.4, 0.5) is 0 Å². The summed E-state index contributed by atoms with van der Waals surface area (Å²) in [5, 5.41) is 5.95. The number of hydrogen-bond acceptors (Lipinski definition) is 2. The minimum absolute atomic E-state index is 0.0298. The van der Waals surface area contributed by atoms with Gasteiger partial charge in [0.2, 0.25) is 5.91 Å². The van der Waals surface area contributed by atoms with Crippen molar-refractivity contribution in [2.75, 3.05) is 6.54 Å². The second kappa shape index (κ2) is 8.50. The number of hydrogen-bond donors (Lipinski definition) is 2. The monoisotopic (exact) mass is 344 g/mol. The molecule has 25 heavy (non-hydrogen) atoms. The molecular weight excluding hydrogens is 312 g/mol. The van der Waals surface area contributed by atoms with Gasteiger partial charge in [-0.05, 0) is 41.9 Å².